The number of carbonyl (C=O) groups is 2. The lowest BCUT2D eigenvalue weighted by atomic mass is 10.1. The van der Waals surface area contributed by atoms with Crippen LogP contribution >= 0.6 is 0 Å². The molecule has 0 bridgehead atoms. The minimum atomic E-state index is -0.573. The smallest absolute Gasteiger partial charge is 0.344 e. The minimum Gasteiger partial charge on any atom is -0.497 e. The molecule has 28 heavy (non-hydrogen) atoms. The van der Waals surface area contributed by atoms with E-state index < -0.39 is 5.97 Å². The third kappa shape index (κ3) is 4.52. The van der Waals surface area contributed by atoms with Crippen LogP contribution in [0.2, 0.25) is 0 Å². The van der Waals surface area contributed by atoms with E-state index in [0.717, 1.165) is 24.2 Å². The molecule has 7 nitrogen and oxygen atoms in total. The first kappa shape index (κ1) is 19.9. The van der Waals surface area contributed by atoms with Crippen molar-refractivity contribution in [3.63, 3.8) is 0 Å². The zero-order valence-electron chi connectivity index (χ0n) is 16.7. The van der Waals surface area contributed by atoms with E-state index in [0.29, 0.717) is 23.6 Å². The van der Waals surface area contributed by atoms with Gasteiger partial charge < -0.3 is 18.9 Å². The van der Waals surface area contributed by atoms with E-state index in [1.165, 1.54) is 0 Å². The third-order valence-corrected chi connectivity index (χ3v) is 4.76. The topological polar surface area (TPSA) is 81.9 Å². The maximum atomic E-state index is 12.7. The standard InChI is InChI=1S/C21H26N2O5/c1-13(2)20-19(14(3)22-28-20)21(25)27-12-18(24)23(16-7-8-16)11-15-5-9-17(26-4)10-6-15/h5-6,9-10,13,16H,7-8,11-12H2,1-4H3. The van der Waals surface area contributed by atoms with Crippen LogP contribution in [0.1, 0.15) is 60.0 Å². The Hall–Kier alpha value is -2.83. The second kappa shape index (κ2) is 8.46. The van der Waals surface area contributed by atoms with Gasteiger partial charge in [-0.05, 0) is 37.5 Å². The van der Waals surface area contributed by atoms with Crippen molar-refractivity contribution in [2.45, 2.75) is 52.1 Å². The van der Waals surface area contributed by atoms with Gasteiger partial charge in [-0.3, -0.25) is 4.79 Å². The van der Waals surface area contributed by atoms with Crippen LogP contribution in [0.3, 0.4) is 0 Å². The van der Waals surface area contributed by atoms with Gasteiger partial charge >= 0.3 is 5.97 Å². The average molecular weight is 386 g/mol. The molecule has 0 unspecified atom stereocenters. The number of nitrogens with zero attached hydrogens (tertiary/aromatic N) is 2. The first-order chi connectivity index (χ1) is 13.4. The molecule has 2 aromatic rings. The van der Waals surface area contributed by atoms with E-state index in [4.69, 9.17) is 14.0 Å². The summed E-state index contributed by atoms with van der Waals surface area (Å²) in [7, 11) is 1.62. The van der Waals surface area contributed by atoms with Crippen LogP contribution in [0, 0.1) is 6.92 Å². The first-order valence-electron chi connectivity index (χ1n) is 9.46. The van der Waals surface area contributed by atoms with Gasteiger partial charge in [0, 0.05) is 18.5 Å². The Bertz CT molecular complexity index is 837. The summed E-state index contributed by atoms with van der Waals surface area (Å²) in [4.78, 5) is 27.0. The number of carbonyl (C=O) groups excluding carboxylic acids is 2. The van der Waals surface area contributed by atoms with E-state index in [-0.39, 0.29) is 24.5 Å². The molecule has 0 spiro atoms. The van der Waals surface area contributed by atoms with Crippen LogP contribution in [0.25, 0.3) is 0 Å². The highest BCUT2D eigenvalue weighted by Crippen LogP contribution is 2.29. The first-order valence-corrected chi connectivity index (χ1v) is 9.46. The van der Waals surface area contributed by atoms with Crippen molar-refractivity contribution in [3.8, 4) is 5.75 Å². The van der Waals surface area contributed by atoms with Gasteiger partial charge in [0.1, 0.15) is 11.3 Å². The molecule has 0 radical (unpaired) electrons. The van der Waals surface area contributed by atoms with Crippen molar-refractivity contribution in [3.05, 3.63) is 46.8 Å². The number of aryl methyl sites for hydroxylation is 1. The molecule has 7 heteroatoms. The van der Waals surface area contributed by atoms with Crippen LogP contribution in [-0.4, -0.2) is 41.7 Å². The minimum absolute atomic E-state index is 0.00233. The molecular weight excluding hydrogens is 360 g/mol. The van der Waals surface area contributed by atoms with Gasteiger partial charge in [-0.1, -0.05) is 31.1 Å². The fourth-order valence-electron chi connectivity index (χ4n) is 3.05. The van der Waals surface area contributed by atoms with Gasteiger partial charge in [-0.25, -0.2) is 4.79 Å². The molecule has 0 saturated heterocycles. The van der Waals surface area contributed by atoms with Crippen molar-refractivity contribution in [2.75, 3.05) is 13.7 Å². The summed E-state index contributed by atoms with van der Waals surface area (Å²) >= 11 is 0. The quantitative estimate of drug-likeness (QED) is 0.646. The summed E-state index contributed by atoms with van der Waals surface area (Å²) < 4.78 is 15.7. The second-order valence-electron chi connectivity index (χ2n) is 7.34. The summed E-state index contributed by atoms with van der Waals surface area (Å²) in [6.07, 6.45) is 1.94. The fourth-order valence-corrected chi connectivity index (χ4v) is 3.05. The lowest BCUT2D eigenvalue weighted by Crippen LogP contribution is -2.36. The van der Waals surface area contributed by atoms with Gasteiger partial charge in [0.05, 0.1) is 12.8 Å². The molecule has 1 aromatic carbocycles. The largest absolute Gasteiger partial charge is 0.497 e. The Balaban J connectivity index is 1.63. The van der Waals surface area contributed by atoms with Crippen molar-refractivity contribution >= 4 is 11.9 Å². The molecule has 3 rings (SSSR count). The van der Waals surface area contributed by atoms with E-state index in [2.05, 4.69) is 5.16 Å². The normalized spacial score (nSPS) is 13.5. The summed E-state index contributed by atoms with van der Waals surface area (Å²) in [5.41, 5.74) is 1.79. The highest BCUT2D eigenvalue weighted by molar-refractivity contribution is 5.93. The maximum absolute atomic E-state index is 12.7. The van der Waals surface area contributed by atoms with Gasteiger partial charge in [-0.2, -0.15) is 0 Å². The maximum Gasteiger partial charge on any atom is 0.344 e. The molecule has 1 aliphatic rings. The Morgan fingerprint density at radius 1 is 1.25 bits per heavy atom. The molecule has 1 fully saturated rings. The predicted octanol–water partition coefficient (Wildman–Crippen LogP) is 3.46. The number of amides is 1. The number of esters is 1. The highest BCUT2D eigenvalue weighted by atomic mass is 16.5. The van der Waals surface area contributed by atoms with Crippen LogP contribution in [-0.2, 0) is 16.1 Å². The van der Waals surface area contributed by atoms with Gasteiger partial charge in [0.2, 0.25) is 0 Å². The third-order valence-electron chi connectivity index (χ3n) is 4.76. The average Bonchev–Trinajstić information content (AvgIpc) is 3.45. The summed E-state index contributed by atoms with van der Waals surface area (Å²) in [5.74, 6) is 0.472. The van der Waals surface area contributed by atoms with Crippen LogP contribution in [0.5, 0.6) is 5.75 Å². The van der Waals surface area contributed by atoms with Gasteiger partial charge in [-0.15, -0.1) is 0 Å². The molecule has 1 heterocycles. The zero-order chi connectivity index (χ0) is 20.3. The van der Waals surface area contributed by atoms with Crippen LogP contribution in [0.15, 0.2) is 28.8 Å². The summed E-state index contributed by atoms with van der Waals surface area (Å²) in [6.45, 7) is 5.69. The lowest BCUT2D eigenvalue weighted by molar-refractivity contribution is -0.135. The van der Waals surface area contributed by atoms with Crippen molar-refractivity contribution in [1.82, 2.24) is 10.1 Å². The van der Waals surface area contributed by atoms with Crippen molar-refractivity contribution in [1.29, 1.82) is 0 Å². The molecule has 1 aromatic heterocycles. The number of hydrogen-bond donors (Lipinski definition) is 0. The predicted molar refractivity (Wildman–Crippen MR) is 102 cm³/mol. The van der Waals surface area contributed by atoms with Gasteiger partial charge in [0.15, 0.2) is 12.4 Å². The number of benzene rings is 1. The summed E-state index contributed by atoms with van der Waals surface area (Å²) in [6, 6.07) is 7.81. The molecule has 1 amide bonds. The molecule has 0 atom stereocenters. The Labute approximate surface area is 164 Å². The highest BCUT2D eigenvalue weighted by Gasteiger charge is 2.33. The van der Waals surface area contributed by atoms with Gasteiger partial charge in [0.25, 0.3) is 5.91 Å². The van der Waals surface area contributed by atoms with E-state index in [1.54, 1.807) is 18.9 Å². The molecule has 1 aliphatic carbocycles. The second-order valence-corrected chi connectivity index (χ2v) is 7.34. The molecule has 0 N–H and O–H groups in total. The molecule has 1 saturated carbocycles. The lowest BCUT2D eigenvalue weighted by Gasteiger charge is -2.22. The van der Waals surface area contributed by atoms with Crippen molar-refractivity contribution < 1.29 is 23.6 Å². The van der Waals surface area contributed by atoms with Crippen molar-refractivity contribution in [2.24, 2.45) is 0 Å². The van der Waals surface area contributed by atoms with Crippen LogP contribution in [0.4, 0.5) is 0 Å². The van der Waals surface area contributed by atoms with E-state index >= 15 is 0 Å². The van der Waals surface area contributed by atoms with E-state index in [1.807, 2.05) is 38.1 Å². The fraction of sp³-hybridized carbons (Fsp3) is 0.476. The Kier molecular flexibility index (Phi) is 6.02. The van der Waals surface area contributed by atoms with Crippen LogP contribution < -0.4 is 4.74 Å². The number of methoxy groups -OCH3 is 1. The number of rotatable bonds is 8. The number of aromatic nitrogens is 1. The number of ether oxygens (including phenoxy) is 2. The number of hydrogen-bond acceptors (Lipinski definition) is 6. The zero-order valence-corrected chi connectivity index (χ0v) is 16.7. The summed E-state index contributed by atoms with van der Waals surface area (Å²) in [5, 5.41) is 3.85. The molecule has 150 valence electrons. The Morgan fingerprint density at radius 3 is 2.50 bits per heavy atom. The molecular formula is C21H26N2O5. The SMILES string of the molecule is COc1ccc(CN(C(=O)COC(=O)c2c(C)noc2C(C)C)C2CC2)cc1. The monoisotopic (exact) mass is 386 g/mol. The molecule has 0 aliphatic heterocycles. The Morgan fingerprint density at radius 2 is 1.93 bits per heavy atom. The van der Waals surface area contributed by atoms with E-state index in [9.17, 15) is 9.59 Å².